The molecule has 3 atom stereocenters. The molecule has 1 aliphatic heterocycles. The fourth-order valence-electron chi connectivity index (χ4n) is 2.47. The highest BCUT2D eigenvalue weighted by Crippen LogP contribution is 2.21. The van der Waals surface area contributed by atoms with Crippen molar-refractivity contribution in [2.75, 3.05) is 13.1 Å². The van der Waals surface area contributed by atoms with E-state index in [9.17, 15) is 9.59 Å². The summed E-state index contributed by atoms with van der Waals surface area (Å²) in [5.74, 6) is -0.754. The SMILES string of the molecule is CC1CC(C)CN(/C=C(/C#N)C(=O)NC(C)C(=O)O)C1. The maximum atomic E-state index is 11.8. The van der Waals surface area contributed by atoms with E-state index in [-0.39, 0.29) is 5.57 Å². The van der Waals surface area contributed by atoms with E-state index in [0.717, 1.165) is 19.5 Å². The van der Waals surface area contributed by atoms with Crippen molar-refractivity contribution < 1.29 is 14.7 Å². The first-order valence-corrected chi connectivity index (χ1v) is 6.73. The van der Waals surface area contributed by atoms with Gasteiger partial charge < -0.3 is 15.3 Å². The van der Waals surface area contributed by atoms with Crippen molar-refractivity contribution in [3.05, 3.63) is 11.8 Å². The Morgan fingerprint density at radius 1 is 1.40 bits per heavy atom. The molecule has 0 bridgehead atoms. The molecule has 1 aliphatic rings. The van der Waals surface area contributed by atoms with Crippen molar-refractivity contribution in [2.24, 2.45) is 11.8 Å². The Morgan fingerprint density at radius 2 is 1.95 bits per heavy atom. The zero-order chi connectivity index (χ0) is 15.3. The molecular weight excluding hydrogens is 258 g/mol. The lowest BCUT2D eigenvalue weighted by atomic mass is 9.92. The van der Waals surface area contributed by atoms with Crippen LogP contribution >= 0.6 is 0 Å². The second kappa shape index (κ2) is 6.94. The predicted octanol–water partition coefficient (Wildman–Crippen LogP) is 0.961. The van der Waals surface area contributed by atoms with E-state index in [1.54, 1.807) is 0 Å². The number of hydrogen-bond donors (Lipinski definition) is 2. The van der Waals surface area contributed by atoms with Gasteiger partial charge in [0.15, 0.2) is 0 Å². The molecule has 0 spiro atoms. The minimum absolute atomic E-state index is 0.0561. The van der Waals surface area contributed by atoms with Crippen LogP contribution in [0, 0.1) is 23.2 Å². The number of nitrogens with zero attached hydrogens (tertiary/aromatic N) is 2. The van der Waals surface area contributed by atoms with E-state index in [0.29, 0.717) is 11.8 Å². The molecular formula is C14H21N3O3. The van der Waals surface area contributed by atoms with Gasteiger partial charge in [0.2, 0.25) is 0 Å². The van der Waals surface area contributed by atoms with Gasteiger partial charge in [0.05, 0.1) is 0 Å². The molecule has 20 heavy (non-hydrogen) atoms. The van der Waals surface area contributed by atoms with E-state index in [2.05, 4.69) is 19.2 Å². The monoisotopic (exact) mass is 279 g/mol. The second-order valence-electron chi connectivity index (χ2n) is 5.59. The summed E-state index contributed by atoms with van der Waals surface area (Å²) in [6.07, 6.45) is 2.67. The fraction of sp³-hybridized carbons (Fsp3) is 0.643. The predicted molar refractivity (Wildman–Crippen MR) is 73.5 cm³/mol. The Labute approximate surface area is 119 Å². The van der Waals surface area contributed by atoms with Crippen LogP contribution in [0.1, 0.15) is 27.2 Å². The molecule has 0 saturated carbocycles. The van der Waals surface area contributed by atoms with Gasteiger partial charge in [0.25, 0.3) is 5.91 Å². The molecule has 0 aromatic rings. The van der Waals surface area contributed by atoms with Gasteiger partial charge >= 0.3 is 5.97 Å². The molecule has 1 rings (SSSR count). The first-order valence-electron chi connectivity index (χ1n) is 6.73. The third-order valence-electron chi connectivity index (χ3n) is 3.29. The van der Waals surface area contributed by atoms with Crippen LogP contribution in [0.2, 0.25) is 0 Å². The summed E-state index contributed by atoms with van der Waals surface area (Å²) in [4.78, 5) is 24.5. The average molecular weight is 279 g/mol. The van der Waals surface area contributed by atoms with Crippen LogP contribution in [0.3, 0.4) is 0 Å². The lowest BCUT2D eigenvalue weighted by Crippen LogP contribution is -2.40. The molecule has 1 saturated heterocycles. The van der Waals surface area contributed by atoms with E-state index >= 15 is 0 Å². The van der Waals surface area contributed by atoms with Gasteiger partial charge in [-0.05, 0) is 25.2 Å². The zero-order valence-corrected chi connectivity index (χ0v) is 12.1. The van der Waals surface area contributed by atoms with Gasteiger partial charge in [-0.3, -0.25) is 9.59 Å². The topological polar surface area (TPSA) is 93.4 Å². The molecule has 1 heterocycles. The van der Waals surface area contributed by atoms with Gasteiger partial charge in [-0.2, -0.15) is 5.26 Å². The number of piperidine rings is 1. The van der Waals surface area contributed by atoms with Crippen LogP contribution in [-0.4, -0.2) is 41.0 Å². The Kier molecular flexibility index (Phi) is 5.56. The summed E-state index contributed by atoms with van der Waals surface area (Å²) in [6, 6.07) is 0.822. The molecule has 0 radical (unpaired) electrons. The standard InChI is InChI=1S/C14H21N3O3/c1-9-4-10(2)7-17(6-9)8-12(5-15)13(18)16-11(3)14(19)20/h8-11H,4,6-7H2,1-3H3,(H,16,18)(H,19,20)/b12-8-. The first-order chi connectivity index (χ1) is 9.33. The third-order valence-corrected chi connectivity index (χ3v) is 3.29. The van der Waals surface area contributed by atoms with Crippen molar-refractivity contribution in [3.8, 4) is 6.07 Å². The molecule has 6 heteroatoms. The van der Waals surface area contributed by atoms with Crippen LogP contribution in [0.4, 0.5) is 0 Å². The van der Waals surface area contributed by atoms with Gasteiger partial charge in [-0.25, -0.2) is 0 Å². The van der Waals surface area contributed by atoms with Crippen molar-refractivity contribution in [2.45, 2.75) is 33.2 Å². The van der Waals surface area contributed by atoms with Crippen molar-refractivity contribution in [1.29, 1.82) is 5.26 Å². The van der Waals surface area contributed by atoms with Crippen LogP contribution in [0.15, 0.2) is 11.8 Å². The van der Waals surface area contributed by atoms with Gasteiger partial charge in [-0.1, -0.05) is 13.8 Å². The number of aliphatic carboxylic acids is 1. The number of carboxylic acid groups (broad SMARTS) is 1. The summed E-state index contributed by atoms with van der Waals surface area (Å²) in [7, 11) is 0. The number of likely N-dealkylation sites (tertiary alicyclic amines) is 1. The van der Waals surface area contributed by atoms with Crippen molar-refractivity contribution in [1.82, 2.24) is 10.2 Å². The highest BCUT2D eigenvalue weighted by Gasteiger charge is 2.22. The summed E-state index contributed by atoms with van der Waals surface area (Å²) < 4.78 is 0. The van der Waals surface area contributed by atoms with Crippen LogP contribution in [0.5, 0.6) is 0 Å². The second-order valence-corrected chi connectivity index (χ2v) is 5.59. The Hall–Kier alpha value is -2.03. The highest BCUT2D eigenvalue weighted by molar-refractivity contribution is 5.99. The van der Waals surface area contributed by atoms with Gasteiger partial charge in [-0.15, -0.1) is 0 Å². The molecule has 3 unspecified atom stereocenters. The Morgan fingerprint density at radius 3 is 2.40 bits per heavy atom. The van der Waals surface area contributed by atoms with Gasteiger partial charge in [0, 0.05) is 19.3 Å². The molecule has 0 aliphatic carbocycles. The number of carbonyl (C=O) groups excluding carboxylic acids is 1. The molecule has 2 N–H and O–H groups in total. The molecule has 110 valence electrons. The number of nitrogens with one attached hydrogen (secondary N) is 1. The summed E-state index contributed by atoms with van der Waals surface area (Å²) in [5.41, 5.74) is -0.0561. The molecule has 1 fully saturated rings. The van der Waals surface area contributed by atoms with Gasteiger partial charge in [0.1, 0.15) is 17.7 Å². The molecule has 0 aromatic heterocycles. The highest BCUT2D eigenvalue weighted by atomic mass is 16.4. The fourth-order valence-corrected chi connectivity index (χ4v) is 2.47. The normalized spacial score (nSPS) is 24.7. The molecule has 0 aromatic carbocycles. The minimum atomic E-state index is -1.13. The lowest BCUT2D eigenvalue weighted by molar-refractivity contribution is -0.140. The maximum absolute atomic E-state index is 11.8. The number of carbonyl (C=O) groups is 2. The Balaban J connectivity index is 2.74. The number of carboxylic acids is 1. The van der Waals surface area contributed by atoms with E-state index in [1.165, 1.54) is 13.1 Å². The van der Waals surface area contributed by atoms with Crippen LogP contribution < -0.4 is 5.32 Å². The van der Waals surface area contributed by atoms with Crippen LogP contribution in [0.25, 0.3) is 0 Å². The molecule has 1 amide bonds. The van der Waals surface area contributed by atoms with E-state index in [4.69, 9.17) is 10.4 Å². The number of amides is 1. The molecule has 6 nitrogen and oxygen atoms in total. The van der Waals surface area contributed by atoms with E-state index < -0.39 is 17.9 Å². The smallest absolute Gasteiger partial charge is 0.325 e. The van der Waals surface area contributed by atoms with Crippen molar-refractivity contribution >= 4 is 11.9 Å². The summed E-state index contributed by atoms with van der Waals surface area (Å²) in [5, 5.41) is 20.1. The number of rotatable bonds is 4. The average Bonchev–Trinajstić information content (AvgIpc) is 2.34. The maximum Gasteiger partial charge on any atom is 0.325 e. The summed E-state index contributed by atoms with van der Waals surface area (Å²) >= 11 is 0. The number of nitriles is 1. The quantitative estimate of drug-likeness (QED) is 0.590. The van der Waals surface area contributed by atoms with Crippen LogP contribution in [-0.2, 0) is 9.59 Å². The lowest BCUT2D eigenvalue weighted by Gasteiger charge is -2.34. The Bertz CT molecular complexity index is 443. The minimum Gasteiger partial charge on any atom is -0.480 e. The largest absolute Gasteiger partial charge is 0.480 e. The van der Waals surface area contributed by atoms with E-state index in [1.807, 2.05) is 11.0 Å². The zero-order valence-electron chi connectivity index (χ0n) is 12.1. The first kappa shape index (κ1) is 16.0. The van der Waals surface area contributed by atoms with Crippen molar-refractivity contribution in [3.63, 3.8) is 0 Å². The summed E-state index contributed by atoms with van der Waals surface area (Å²) in [6.45, 7) is 7.24. The number of hydrogen-bond acceptors (Lipinski definition) is 4. The third kappa shape index (κ3) is 4.57.